The Bertz CT molecular complexity index is 115. The van der Waals surface area contributed by atoms with Crippen molar-refractivity contribution in [1.82, 2.24) is 0 Å². The van der Waals surface area contributed by atoms with Crippen LogP contribution >= 0.6 is 27.3 Å². The van der Waals surface area contributed by atoms with Crippen molar-refractivity contribution in [3.05, 3.63) is 21.3 Å². The second kappa shape index (κ2) is 3.76. The van der Waals surface area contributed by atoms with E-state index in [2.05, 4.69) is 21.3 Å². The van der Waals surface area contributed by atoms with Crippen LogP contribution in [-0.2, 0) is 19.5 Å². The predicted molar refractivity (Wildman–Crippen MR) is 30.9 cm³/mol. The van der Waals surface area contributed by atoms with Crippen molar-refractivity contribution in [2.75, 3.05) is 0 Å². The molecule has 7 heavy (non-hydrogen) atoms. The zero-order valence-corrected chi connectivity index (χ0v) is 9.02. The molecule has 0 fully saturated rings. The van der Waals surface area contributed by atoms with Gasteiger partial charge < -0.3 is 0 Å². The maximum atomic E-state index is 3.27. The molecule has 0 saturated heterocycles. The van der Waals surface area contributed by atoms with Crippen LogP contribution in [-0.4, -0.2) is 0 Å². The summed E-state index contributed by atoms with van der Waals surface area (Å²) < 4.78 is 1.14. The van der Waals surface area contributed by atoms with Crippen LogP contribution < -0.4 is 0 Å². The van der Waals surface area contributed by atoms with Crippen LogP contribution in [0, 0.1) is 5.38 Å². The molecule has 0 atom stereocenters. The van der Waals surface area contributed by atoms with E-state index in [9.17, 15) is 0 Å². The Hall–Kier alpha value is 0.803. The normalized spacial score (nSPS) is 7.57. The van der Waals surface area contributed by atoms with Gasteiger partial charge in [-0.25, -0.2) is 0 Å². The first kappa shape index (κ1) is 7.80. The fraction of sp³-hybridized carbons (Fsp3) is 0. The van der Waals surface area contributed by atoms with Gasteiger partial charge in [-0.1, -0.05) is 0 Å². The summed E-state index contributed by atoms with van der Waals surface area (Å²) in [6, 6.07) is 3.85. The summed E-state index contributed by atoms with van der Waals surface area (Å²) in [6.07, 6.45) is 0. The van der Waals surface area contributed by atoms with Gasteiger partial charge in [-0.05, 0) is 28.1 Å². The summed E-state index contributed by atoms with van der Waals surface area (Å²) in [6.45, 7) is 0. The number of hydrogen-bond donors (Lipinski definition) is 0. The predicted octanol–water partition coefficient (Wildman–Crippen LogP) is 2.31. The minimum absolute atomic E-state index is 0. The van der Waals surface area contributed by atoms with Crippen molar-refractivity contribution in [3.63, 3.8) is 0 Å². The van der Waals surface area contributed by atoms with E-state index in [1.54, 1.807) is 11.3 Å². The average molecular weight is 227 g/mol. The molecule has 33 valence electrons. The maximum absolute atomic E-state index is 3.27. The minimum atomic E-state index is 0. The molecule has 0 spiro atoms. The topological polar surface area (TPSA) is 0 Å². The molecule has 0 bridgehead atoms. The molecule has 0 aliphatic carbocycles. The first-order valence-electron chi connectivity index (χ1n) is 1.51. The smallest absolute Gasteiger partial charge is 0.0705 e. The summed E-state index contributed by atoms with van der Waals surface area (Å²) in [4.78, 5) is 0. The van der Waals surface area contributed by atoms with Gasteiger partial charge in [0.15, 0.2) is 0 Å². The van der Waals surface area contributed by atoms with Gasteiger partial charge in [0.2, 0.25) is 0 Å². The van der Waals surface area contributed by atoms with E-state index in [-0.39, 0.29) is 19.5 Å². The van der Waals surface area contributed by atoms with Gasteiger partial charge in [-0.3, -0.25) is 0 Å². The third-order valence-corrected chi connectivity index (χ3v) is 1.77. The Labute approximate surface area is 67.8 Å². The van der Waals surface area contributed by atoms with E-state index < -0.39 is 0 Å². The first-order chi connectivity index (χ1) is 2.89. The van der Waals surface area contributed by atoms with Crippen molar-refractivity contribution < 1.29 is 19.5 Å². The van der Waals surface area contributed by atoms with Crippen LogP contribution in [0.3, 0.4) is 0 Å². The van der Waals surface area contributed by atoms with Crippen LogP contribution in [0.1, 0.15) is 0 Å². The Kier molecular flexibility index (Phi) is 4.19. The van der Waals surface area contributed by atoms with Gasteiger partial charge in [0, 0.05) is 24.9 Å². The maximum Gasteiger partial charge on any atom is 0.0705 e. The quantitative estimate of drug-likeness (QED) is 0.597. The van der Waals surface area contributed by atoms with Crippen molar-refractivity contribution in [1.29, 1.82) is 0 Å². The molecule has 1 heterocycles. The minimum Gasteiger partial charge on any atom is -0.127 e. The monoisotopic (exact) mass is 225 g/mol. The molecule has 0 aliphatic rings. The van der Waals surface area contributed by atoms with E-state index in [1.807, 2.05) is 12.1 Å². The summed E-state index contributed by atoms with van der Waals surface area (Å²) in [5, 5.41) is 2.92. The Morgan fingerprint density at radius 3 is 2.57 bits per heavy atom. The molecule has 3 heteroatoms. The molecular formula is C4H2BrSZn. The van der Waals surface area contributed by atoms with Gasteiger partial charge in [-0.15, -0.1) is 11.3 Å². The van der Waals surface area contributed by atoms with Crippen LogP contribution in [0.15, 0.2) is 15.9 Å². The third kappa shape index (κ3) is 2.58. The fourth-order valence-corrected chi connectivity index (χ4v) is 1.02. The van der Waals surface area contributed by atoms with Crippen molar-refractivity contribution in [2.24, 2.45) is 0 Å². The van der Waals surface area contributed by atoms with Crippen molar-refractivity contribution in [3.8, 4) is 0 Å². The number of rotatable bonds is 0. The van der Waals surface area contributed by atoms with E-state index in [0.29, 0.717) is 0 Å². The molecule has 1 radical (unpaired) electrons. The molecular weight excluding hydrogens is 225 g/mol. The molecule has 1 aromatic rings. The van der Waals surface area contributed by atoms with Gasteiger partial charge in [0.25, 0.3) is 0 Å². The summed E-state index contributed by atoms with van der Waals surface area (Å²) >= 11 is 4.84. The van der Waals surface area contributed by atoms with Crippen molar-refractivity contribution in [2.45, 2.75) is 0 Å². The second-order valence-corrected chi connectivity index (χ2v) is 3.12. The van der Waals surface area contributed by atoms with Crippen LogP contribution in [0.2, 0.25) is 0 Å². The molecule has 1 rings (SSSR count). The molecule has 1 aromatic heterocycles. The zero-order valence-electron chi connectivity index (χ0n) is 3.65. The summed E-state index contributed by atoms with van der Waals surface area (Å²) in [5.74, 6) is 0. The number of hydrogen-bond acceptors (Lipinski definition) is 1. The molecule has 0 unspecified atom stereocenters. The van der Waals surface area contributed by atoms with Crippen LogP contribution in [0.4, 0.5) is 0 Å². The van der Waals surface area contributed by atoms with Crippen LogP contribution in [0.5, 0.6) is 0 Å². The first-order valence-corrected chi connectivity index (χ1v) is 3.12. The molecule has 0 aromatic carbocycles. The number of halogens is 1. The summed E-state index contributed by atoms with van der Waals surface area (Å²) in [7, 11) is 0. The van der Waals surface area contributed by atoms with E-state index in [1.165, 1.54) is 0 Å². The zero-order chi connectivity index (χ0) is 4.41. The van der Waals surface area contributed by atoms with Crippen molar-refractivity contribution >= 4 is 27.3 Å². The number of thiophene rings is 1. The second-order valence-electron chi connectivity index (χ2n) is 0.857. The van der Waals surface area contributed by atoms with E-state index in [0.717, 1.165) is 3.79 Å². The molecule has 0 nitrogen and oxygen atoms in total. The molecule has 0 aliphatic heterocycles. The summed E-state index contributed by atoms with van der Waals surface area (Å²) in [5.41, 5.74) is 0. The third-order valence-electron chi connectivity index (χ3n) is 0.439. The van der Waals surface area contributed by atoms with E-state index in [4.69, 9.17) is 0 Å². The average Bonchev–Trinajstić information content (AvgIpc) is 1.86. The largest absolute Gasteiger partial charge is 0.127 e. The van der Waals surface area contributed by atoms with Crippen LogP contribution in [0.25, 0.3) is 0 Å². The van der Waals surface area contributed by atoms with Gasteiger partial charge in [-0.2, -0.15) is 0 Å². The Morgan fingerprint density at radius 1 is 1.71 bits per heavy atom. The molecule has 0 amide bonds. The SMILES string of the molecule is Brc1cc[c]s1.[Zn]. The Balaban J connectivity index is 0.000000360. The van der Waals surface area contributed by atoms with Gasteiger partial charge in [0.1, 0.15) is 0 Å². The Morgan fingerprint density at radius 2 is 2.43 bits per heavy atom. The van der Waals surface area contributed by atoms with E-state index >= 15 is 0 Å². The van der Waals surface area contributed by atoms with Gasteiger partial charge >= 0.3 is 0 Å². The molecule has 0 saturated carbocycles. The van der Waals surface area contributed by atoms with Gasteiger partial charge in [0.05, 0.1) is 3.79 Å². The fourth-order valence-electron chi connectivity index (χ4n) is 0.224. The standard InChI is InChI=1S/C4H2BrS.Zn/c5-4-2-1-3-6-4;/h1-2H;. The molecule has 0 N–H and O–H groups in total.